The van der Waals surface area contributed by atoms with Gasteiger partial charge in [0.1, 0.15) is 5.82 Å². The second-order valence-electron chi connectivity index (χ2n) is 4.33. The SMILES string of the molecule is CC(NS(=O)(=O)c1cc(F)ccc1CN)c1cn[nH]c1. The molecule has 0 amide bonds. The first kappa shape index (κ1) is 14.6. The molecule has 20 heavy (non-hydrogen) atoms. The first-order valence-corrected chi connectivity index (χ1v) is 7.42. The average Bonchev–Trinajstić information content (AvgIpc) is 2.92. The third kappa shape index (κ3) is 3.03. The van der Waals surface area contributed by atoms with Gasteiger partial charge in [-0.15, -0.1) is 0 Å². The summed E-state index contributed by atoms with van der Waals surface area (Å²) in [6.45, 7) is 1.68. The number of nitrogens with zero attached hydrogens (tertiary/aromatic N) is 1. The summed E-state index contributed by atoms with van der Waals surface area (Å²) < 4.78 is 40.4. The second kappa shape index (κ2) is 5.70. The van der Waals surface area contributed by atoms with E-state index < -0.39 is 21.9 Å². The summed E-state index contributed by atoms with van der Waals surface area (Å²) in [5.41, 5.74) is 6.53. The molecular formula is C12H15FN4O2S. The van der Waals surface area contributed by atoms with Gasteiger partial charge in [-0.1, -0.05) is 6.07 Å². The van der Waals surface area contributed by atoms with Gasteiger partial charge in [0.2, 0.25) is 10.0 Å². The largest absolute Gasteiger partial charge is 0.326 e. The lowest BCUT2D eigenvalue weighted by molar-refractivity contribution is 0.562. The van der Waals surface area contributed by atoms with Gasteiger partial charge in [-0.3, -0.25) is 5.10 Å². The summed E-state index contributed by atoms with van der Waals surface area (Å²) in [4.78, 5) is -0.143. The number of hydrogen-bond donors (Lipinski definition) is 3. The summed E-state index contributed by atoms with van der Waals surface area (Å²) in [5.74, 6) is -0.626. The third-order valence-electron chi connectivity index (χ3n) is 2.89. The first-order valence-electron chi connectivity index (χ1n) is 5.93. The number of aromatic amines is 1. The molecule has 1 heterocycles. The van der Waals surface area contributed by atoms with Gasteiger partial charge >= 0.3 is 0 Å². The molecule has 2 aromatic rings. The molecule has 0 spiro atoms. The quantitative estimate of drug-likeness (QED) is 0.768. The molecule has 1 aromatic carbocycles. The van der Waals surface area contributed by atoms with Crippen LogP contribution < -0.4 is 10.5 Å². The Morgan fingerprint density at radius 3 is 2.85 bits per heavy atom. The fourth-order valence-corrected chi connectivity index (χ4v) is 3.30. The van der Waals surface area contributed by atoms with Crippen LogP contribution >= 0.6 is 0 Å². The van der Waals surface area contributed by atoms with Crippen LogP contribution in [-0.2, 0) is 16.6 Å². The van der Waals surface area contributed by atoms with Crippen LogP contribution in [0, 0.1) is 5.82 Å². The molecule has 1 unspecified atom stereocenters. The van der Waals surface area contributed by atoms with Crippen molar-refractivity contribution in [3.05, 3.63) is 47.5 Å². The Bertz CT molecular complexity index is 685. The molecule has 0 aliphatic heterocycles. The van der Waals surface area contributed by atoms with Crippen molar-refractivity contribution in [3.63, 3.8) is 0 Å². The highest BCUT2D eigenvalue weighted by Gasteiger charge is 2.22. The number of benzene rings is 1. The Morgan fingerprint density at radius 1 is 1.50 bits per heavy atom. The summed E-state index contributed by atoms with van der Waals surface area (Å²) in [6.07, 6.45) is 3.10. The molecule has 2 rings (SSSR count). The molecule has 0 bridgehead atoms. The van der Waals surface area contributed by atoms with Crippen molar-refractivity contribution in [2.45, 2.75) is 24.4 Å². The Balaban J connectivity index is 2.33. The number of hydrogen-bond acceptors (Lipinski definition) is 4. The number of rotatable bonds is 5. The van der Waals surface area contributed by atoms with Crippen molar-refractivity contribution in [2.75, 3.05) is 0 Å². The van der Waals surface area contributed by atoms with E-state index in [0.29, 0.717) is 11.1 Å². The Hall–Kier alpha value is -1.77. The van der Waals surface area contributed by atoms with Gasteiger partial charge in [0.25, 0.3) is 0 Å². The van der Waals surface area contributed by atoms with E-state index in [9.17, 15) is 12.8 Å². The minimum Gasteiger partial charge on any atom is -0.326 e. The van der Waals surface area contributed by atoms with E-state index in [-0.39, 0.29) is 11.4 Å². The highest BCUT2D eigenvalue weighted by Crippen LogP contribution is 2.20. The predicted octanol–water partition coefficient (Wildman–Crippen LogP) is 1.05. The minimum atomic E-state index is -3.86. The molecule has 108 valence electrons. The summed E-state index contributed by atoms with van der Waals surface area (Å²) in [5, 5.41) is 6.36. The van der Waals surface area contributed by atoms with E-state index in [1.54, 1.807) is 13.1 Å². The van der Waals surface area contributed by atoms with Crippen molar-refractivity contribution in [3.8, 4) is 0 Å². The smallest absolute Gasteiger partial charge is 0.241 e. The zero-order valence-electron chi connectivity index (χ0n) is 10.8. The summed E-state index contributed by atoms with van der Waals surface area (Å²) in [6, 6.07) is 3.02. The van der Waals surface area contributed by atoms with E-state index in [0.717, 1.165) is 6.07 Å². The average molecular weight is 298 g/mol. The topological polar surface area (TPSA) is 101 Å². The van der Waals surface area contributed by atoms with Gasteiger partial charge in [-0.25, -0.2) is 17.5 Å². The Kier molecular flexibility index (Phi) is 4.17. The molecule has 0 fully saturated rings. The monoisotopic (exact) mass is 298 g/mol. The zero-order chi connectivity index (χ0) is 14.8. The van der Waals surface area contributed by atoms with Crippen LogP contribution in [0.25, 0.3) is 0 Å². The van der Waals surface area contributed by atoms with Crippen molar-refractivity contribution in [1.82, 2.24) is 14.9 Å². The Labute approximate surface area is 116 Å². The number of H-pyrrole nitrogens is 1. The zero-order valence-corrected chi connectivity index (χ0v) is 11.6. The predicted molar refractivity (Wildman–Crippen MR) is 71.6 cm³/mol. The number of nitrogens with one attached hydrogen (secondary N) is 2. The molecule has 0 aliphatic carbocycles. The molecular weight excluding hydrogens is 283 g/mol. The van der Waals surface area contributed by atoms with Gasteiger partial charge in [-0.2, -0.15) is 5.10 Å². The third-order valence-corrected chi connectivity index (χ3v) is 4.51. The summed E-state index contributed by atoms with van der Waals surface area (Å²) in [7, 11) is -3.86. The van der Waals surface area contributed by atoms with Gasteiger partial charge in [0, 0.05) is 24.3 Å². The fraction of sp³-hybridized carbons (Fsp3) is 0.250. The van der Waals surface area contributed by atoms with E-state index >= 15 is 0 Å². The van der Waals surface area contributed by atoms with Gasteiger partial charge < -0.3 is 5.73 Å². The van der Waals surface area contributed by atoms with Gasteiger partial charge in [-0.05, 0) is 24.6 Å². The molecule has 1 atom stereocenters. The van der Waals surface area contributed by atoms with Crippen LogP contribution in [0.2, 0.25) is 0 Å². The van der Waals surface area contributed by atoms with Gasteiger partial charge in [0.15, 0.2) is 0 Å². The van der Waals surface area contributed by atoms with Crippen LogP contribution in [0.1, 0.15) is 24.1 Å². The number of aromatic nitrogens is 2. The lowest BCUT2D eigenvalue weighted by Crippen LogP contribution is -2.28. The maximum Gasteiger partial charge on any atom is 0.241 e. The van der Waals surface area contributed by atoms with Crippen LogP contribution in [0.5, 0.6) is 0 Å². The number of nitrogens with two attached hydrogens (primary N) is 1. The maximum atomic E-state index is 13.3. The van der Waals surface area contributed by atoms with Crippen LogP contribution in [0.15, 0.2) is 35.5 Å². The van der Waals surface area contributed by atoms with Crippen molar-refractivity contribution < 1.29 is 12.8 Å². The highest BCUT2D eigenvalue weighted by atomic mass is 32.2. The molecule has 1 aromatic heterocycles. The van der Waals surface area contributed by atoms with E-state index in [1.165, 1.54) is 18.3 Å². The fourth-order valence-electron chi connectivity index (χ4n) is 1.81. The van der Waals surface area contributed by atoms with E-state index in [4.69, 9.17) is 5.73 Å². The molecule has 4 N–H and O–H groups in total. The number of halogens is 1. The minimum absolute atomic E-state index is 0.0105. The standard InChI is InChI=1S/C12H15FN4O2S/c1-8(10-6-15-16-7-10)17-20(18,19)12-4-11(13)3-2-9(12)5-14/h2-4,6-8,17H,5,14H2,1H3,(H,15,16). The van der Waals surface area contributed by atoms with E-state index in [2.05, 4.69) is 14.9 Å². The lowest BCUT2D eigenvalue weighted by Gasteiger charge is -2.15. The molecule has 8 heteroatoms. The van der Waals surface area contributed by atoms with Crippen molar-refractivity contribution in [1.29, 1.82) is 0 Å². The normalized spacial score (nSPS) is 13.3. The van der Waals surface area contributed by atoms with Crippen LogP contribution in [-0.4, -0.2) is 18.6 Å². The van der Waals surface area contributed by atoms with Crippen LogP contribution in [0.3, 0.4) is 0 Å². The van der Waals surface area contributed by atoms with Crippen molar-refractivity contribution >= 4 is 10.0 Å². The molecule has 0 radical (unpaired) electrons. The van der Waals surface area contributed by atoms with Gasteiger partial charge in [0.05, 0.1) is 11.1 Å². The Morgan fingerprint density at radius 2 is 2.25 bits per heavy atom. The summed E-state index contributed by atoms with van der Waals surface area (Å²) >= 11 is 0. The maximum absolute atomic E-state index is 13.3. The molecule has 6 nitrogen and oxygen atoms in total. The molecule has 0 aliphatic rings. The number of sulfonamides is 1. The lowest BCUT2D eigenvalue weighted by atomic mass is 10.2. The molecule has 0 saturated heterocycles. The molecule has 0 saturated carbocycles. The van der Waals surface area contributed by atoms with E-state index in [1.807, 2.05) is 0 Å². The van der Waals surface area contributed by atoms with Crippen molar-refractivity contribution in [2.24, 2.45) is 5.73 Å². The highest BCUT2D eigenvalue weighted by molar-refractivity contribution is 7.89. The van der Waals surface area contributed by atoms with Crippen LogP contribution in [0.4, 0.5) is 4.39 Å². The second-order valence-corrected chi connectivity index (χ2v) is 6.01. The first-order chi connectivity index (χ1) is 9.44.